The van der Waals surface area contributed by atoms with Crippen LogP contribution < -0.4 is 0 Å². The fourth-order valence-corrected chi connectivity index (χ4v) is 1.37. The smallest absolute Gasteiger partial charge is 0.206 e. The van der Waals surface area contributed by atoms with Crippen LogP contribution in [0.5, 0.6) is 0 Å². The maximum absolute atomic E-state index is 12.4. The van der Waals surface area contributed by atoms with Gasteiger partial charge in [0.1, 0.15) is 5.04 Å². The Morgan fingerprint density at radius 1 is 1.69 bits per heavy atom. The molecule has 4 heteroatoms. The highest BCUT2D eigenvalue weighted by atomic mass is 32.2. The first-order valence-corrected chi connectivity index (χ1v) is 4.84. The first kappa shape index (κ1) is 9.92. The molecule has 1 rings (SSSR count). The summed E-state index contributed by atoms with van der Waals surface area (Å²) in [4.78, 5) is 7.56. The van der Waals surface area contributed by atoms with Gasteiger partial charge in [0.05, 0.1) is 0 Å². The Morgan fingerprint density at radius 3 is 2.92 bits per heavy atom. The fraction of sp³-hybridized carbons (Fsp3) is 0.111. The highest BCUT2D eigenvalue weighted by molar-refractivity contribution is 8.13. The lowest BCUT2D eigenvalue weighted by molar-refractivity contribution is 0.634. The lowest BCUT2D eigenvalue weighted by Gasteiger charge is -2.00. The van der Waals surface area contributed by atoms with E-state index in [0.29, 0.717) is 5.04 Å². The summed E-state index contributed by atoms with van der Waals surface area (Å²) in [7, 11) is 0. The Morgan fingerprint density at radius 2 is 2.46 bits per heavy atom. The minimum atomic E-state index is -0.687. The molecule has 0 aromatic carbocycles. The molecule has 0 saturated heterocycles. The summed E-state index contributed by atoms with van der Waals surface area (Å²) < 4.78 is 12.4. The number of halogens is 1. The normalized spacial score (nSPS) is 11.4. The van der Waals surface area contributed by atoms with Crippen molar-refractivity contribution in [3.63, 3.8) is 0 Å². The zero-order chi connectivity index (χ0) is 9.68. The maximum atomic E-state index is 12.4. The number of hydrogen-bond acceptors (Lipinski definition) is 3. The van der Waals surface area contributed by atoms with Crippen molar-refractivity contribution in [2.24, 2.45) is 4.99 Å². The molecule has 0 aliphatic rings. The van der Waals surface area contributed by atoms with Crippen LogP contribution in [0.1, 0.15) is 5.56 Å². The van der Waals surface area contributed by atoms with Gasteiger partial charge in [-0.1, -0.05) is 0 Å². The summed E-state index contributed by atoms with van der Waals surface area (Å²) in [6.45, 7) is 3.08. The average molecular weight is 196 g/mol. The quantitative estimate of drug-likeness (QED) is 0.412. The summed E-state index contributed by atoms with van der Waals surface area (Å²) >= 11 is 1.36. The second-order valence-corrected chi connectivity index (χ2v) is 3.03. The Balaban J connectivity index is 2.98. The standard InChI is InChI=1S/C9H9FN2S/c1-7(10)12-9(13-2)8-4-3-5-11-6-8/h3-6H,1H2,2H3. The Hall–Kier alpha value is -1.16. The van der Waals surface area contributed by atoms with E-state index in [-0.39, 0.29) is 0 Å². The molecule has 0 aliphatic heterocycles. The molecule has 0 atom stereocenters. The van der Waals surface area contributed by atoms with E-state index in [0.717, 1.165) is 5.56 Å². The summed E-state index contributed by atoms with van der Waals surface area (Å²) in [5.74, 6) is -0.687. The molecular formula is C9H9FN2S. The summed E-state index contributed by atoms with van der Waals surface area (Å²) in [5, 5.41) is 0.584. The predicted molar refractivity (Wildman–Crippen MR) is 54.5 cm³/mol. The van der Waals surface area contributed by atoms with Gasteiger partial charge in [0.25, 0.3) is 0 Å². The van der Waals surface area contributed by atoms with Crippen LogP contribution >= 0.6 is 11.8 Å². The van der Waals surface area contributed by atoms with Gasteiger partial charge in [0.2, 0.25) is 5.95 Å². The van der Waals surface area contributed by atoms with Crippen LogP contribution in [0, 0.1) is 0 Å². The molecular weight excluding hydrogens is 187 g/mol. The third-order valence-corrected chi connectivity index (χ3v) is 2.04. The molecule has 0 N–H and O–H groups in total. The van der Waals surface area contributed by atoms with Gasteiger partial charge in [-0.2, -0.15) is 4.39 Å². The number of hydrogen-bond donors (Lipinski definition) is 0. The molecule has 13 heavy (non-hydrogen) atoms. The van der Waals surface area contributed by atoms with Crippen LogP contribution in [0.2, 0.25) is 0 Å². The van der Waals surface area contributed by atoms with Crippen molar-refractivity contribution in [1.29, 1.82) is 0 Å². The van der Waals surface area contributed by atoms with Crippen LogP contribution in [-0.4, -0.2) is 16.3 Å². The average Bonchev–Trinajstić information content (AvgIpc) is 2.15. The third-order valence-electron chi connectivity index (χ3n) is 1.32. The molecule has 0 fully saturated rings. The van der Waals surface area contributed by atoms with Gasteiger partial charge >= 0.3 is 0 Å². The van der Waals surface area contributed by atoms with Crippen molar-refractivity contribution in [2.45, 2.75) is 0 Å². The van der Waals surface area contributed by atoms with Crippen LogP contribution in [0.25, 0.3) is 0 Å². The zero-order valence-electron chi connectivity index (χ0n) is 7.20. The van der Waals surface area contributed by atoms with Gasteiger partial charge in [-0.15, -0.1) is 11.8 Å². The van der Waals surface area contributed by atoms with Crippen LogP contribution in [0.4, 0.5) is 4.39 Å². The van der Waals surface area contributed by atoms with Crippen LogP contribution in [0.15, 0.2) is 42.0 Å². The monoisotopic (exact) mass is 196 g/mol. The number of nitrogens with zero attached hydrogens (tertiary/aromatic N) is 2. The highest BCUT2D eigenvalue weighted by Crippen LogP contribution is 2.12. The van der Waals surface area contributed by atoms with E-state index in [4.69, 9.17) is 0 Å². The Labute approximate surface area is 80.6 Å². The molecule has 0 aliphatic carbocycles. The van der Waals surface area contributed by atoms with Crippen molar-refractivity contribution >= 4 is 16.8 Å². The van der Waals surface area contributed by atoms with Crippen molar-refractivity contribution in [3.8, 4) is 0 Å². The topological polar surface area (TPSA) is 25.2 Å². The molecule has 2 nitrogen and oxygen atoms in total. The molecule has 1 heterocycles. The number of thioether (sulfide) groups is 1. The lowest BCUT2D eigenvalue weighted by Crippen LogP contribution is -1.94. The van der Waals surface area contributed by atoms with Gasteiger partial charge in [0.15, 0.2) is 0 Å². The predicted octanol–water partition coefficient (Wildman–Crippen LogP) is 2.63. The number of aliphatic imine (C=N–C) groups is 1. The summed E-state index contributed by atoms with van der Waals surface area (Å²) in [5.41, 5.74) is 0.800. The fourth-order valence-electron chi connectivity index (χ4n) is 0.827. The molecule has 0 radical (unpaired) electrons. The van der Waals surface area contributed by atoms with Gasteiger partial charge in [0, 0.05) is 18.0 Å². The minimum absolute atomic E-state index is 0.584. The zero-order valence-corrected chi connectivity index (χ0v) is 8.01. The molecule has 68 valence electrons. The number of rotatable bonds is 2. The highest BCUT2D eigenvalue weighted by Gasteiger charge is 2.01. The molecule has 0 unspecified atom stereocenters. The van der Waals surface area contributed by atoms with E-state index in [2.05, 4.69) is 16.6 Å². The second kappa shape index (κ2) is 4.77. The third kappa shape index (κ3) is 2.99. The van der Waals surface area contributed by atoms with Gasteiger partial charge < -0.3 is 0 Å². The molecule has 1 aromatic heterocycles. The van der Waals surface area contributed by atoms with E-state index in [9.17, 15) is 4.39 Å². The van der Waals surface area contributed by atoms with E-state index >= 15 is 0 Å². The minimum Gasteiger partial charge on any atom is -0.264 e. The van der Waals surface area contributed by atoms with Gasteiger partial charge in [-0.25, -0.2) is 4.99 Å². The second-order valence-electron chi connectivity index (χ2n) is 2.24. The van der Waals surface area contributed by atoms with E-state index < -0.39 is 5.95 Å². The van der Waals surface area contributed by atoms with Crippen molar-refractivity contribution in [1.82, 2.24) is 4.98 Å². The van der Waals surface area contributed by atoms with Gasteiger partial charge in [-0.3, -0.25) is 4.98 Å². The lowest BCUT2D eigenvalue weighted by atomic mass is 10.3. The van der Waals surface area contributed by atoms with Crippen LogP contribution in [-0.2, 0) is 0 Å². The maximum Gasteiger partial charge on any atom is 0.206 e. The number of pyridine rings is 1. The largest absolute Gasteiger partial charge is 0.264 e. The molecule has 0 spiro atoms. The SMILES string of the molecule is C=C(F)N=C(SC)c1cccnc1. The van der Waals surface area contributed by atoms with E-state index in [1.807, 2.05) is 12.3 Å². The molecule has 0 saturated carbocycles. The molecule has 1 aromatic rings. The number of aromatic nitrogens is 1. The van der Waals surface area contributed by atoms with Gasteiger partial charge in [-0.05, 0) is 25.0 Å². The summed E-state index contributed by atoms with van der Waals surface area (Å²) in [6, 6.07) is 3.60. The van der Waals surface area contributed by atoms with Crippen LogP contribution in [0.3, 0.4) is 0 Å². The molecule has 0 amide bonds. The van der Waals surface area contributed by atoms with Crippen molar-refractivity contribution in [3.05, 3.63) is 42.6 Å². The summed E-state index contributed by atoms with van der Waals surface area (Å²) in [6.07, 6.45) is 5.12. The molecule has 0 bridgehead atoms. The van der Waals surface area contributed by atoms with E-state index in [1.54, 1.807) is 18.5 Å². The Bertz CT molecular complexity index is 322. The first-order chi connectivity index (χ1) is 6.24. The Kier molecular flexibility index (Phi) is 3.64. The first-order valence-electron chi connectivity index (χ1n) is 3.61. The van der Waals surface area contributed by atoms with Crippen molar-refractivity contribution in [2.75, 3.05) is 6.26 Å². The van der Waals surface area contributed by atoms with Crippen molar-refractivity contribution < 1.29 is 4.39 Å². The van der Waals surface area contributed by atoms with E-state index in [1.165, 1.54) is 11.8 Å².